The van der Waals surface area contributed by atoms with Gasteiger partial charge in [0.2, 0.25) is 0 Å². The van der Waals surface area contributed by atoms with E-state index in [2.05, 4.69) is 72.2 Å². The van der Waals surface area contributed by atoms with E-state index < -0.39 is 0 Å². The van der Waals surface area contributed by atoms with Crippen LogP contribution in [0.1, 0.15) is 55.3 Å². The minimum absolute atomic E-state index is 0.273. The summed E-state index contributed by atoms with van der Waals surface area (Å²) >= 11 is 0. The maximum atomic E-state index is 4.99. The van der Waals surface area contributed by atoms with Gasteiger partial charge in [-0.05, 0) is 43.0 Å². The second-order valence-electron chi connectivity index (χ2n) is 7.04. The average Bonchev–Trinajstić information content (AvgIpc) is 3.23. The van der Waals surface area contributed by atoms with E-state index >= 15 is 0 Å². The van der Waals surface area contributed by atoms with Gasteiger partial charge >= 0.3 is 0 Å². The highest BCUT2D eigenvalue weighted by Crippen LogP contribution is 2.33. The minimum atomic E-state index is 0.273. The maximum Gasteiger partial charge on any atom is 0.138 e. The van der Waals surface area contributed by atoms with Gasteiger partial charge in [0.05, 0.1) is 5.69 Å². The van der Waals surface area contributed by atoms with Crippen LogP contribution in [-0.2, 0) is 0 Å². The lowest BCUT2D eigenvalue weighted by Crippen LogP contribution is -2.17. The number of rotatable bonds is 4. The average molecular weight is 319 g/mol. The molecule has 1 N–H and O–H groups in total. The number of pyridine rings is 1. The van der Waals surface area contributed by atoms with Crippen molar-refractivity contribution in [3.05, 3.63) is 65.5 Å². The van der Waals surface area contributed by atoms with Crippen molar-refractivity contribution in [2.75, 3.05) is 5.32 Å². The molecule has 2 aromatic heterocycles. The summed E-state index contributed by atoms with van der Waals surface area (Å²) in [5.74, 6) is 1.45. The topological polar surface area (TPSA) is 29.3 Å². The molecule has 0 amide bonds. The summed E-state index contributed by atoms with van der Waals surface area (Å²) in [4.78, 5) is 4.99. The van der Waals surface area contributed by atoms with Crippen LogP contribution < -0.4 is 5.32 Å². The third-order valence-corrected chi connectivity index (χ3v) is 5.21. The first-order valence-corrected chi connectivity index (χ1v) is 9.02. The van der Waals surface area contributed by atoms with Gasteiger partial charge in [0.1, 0.15) is 11.5 Å². The van der Waals surface area contributed by atoms with Gasteiger partial charge in [0, 0.05) is 18.2 Å². The van der Waals surface area contributed by atoms with E-state index in [1.54, 1.807) is 0 Å². The van der Waals surface area contributed by atoms with Crippen LogP contribution in [0, 0.1) is 6.92 Å². The molecular formula is C21H25N3. The Balaban J connectivity index is 1.80. The number of fused-ring (bicyclic) bond motifs is 1. The number of benzene rings is 1. The Hall–Kier alpha value is -2.29. The van der Waals surface area contributed by atoms with Crippen molar-refractivity contribution in [1.82, 2.24) is 9.38 Å². The molecule has 1 unspecified atom stereocenters. The summed E-state index contributed by atoms with van der Waals surface area (Å²) in [5.41, 5.74) is 4.75. The van der Waals surface area contributed by atoms with Gasteiger partial charge < -0.3 is 5.32 Å². The molecule has 0 saturated heterocycles. The first kappa shape index (κ1) is 15.3. The molecule has 0 aliphatic heterocycles. The molecule has 1 aromatic carbocycles. The number of anilines is 1. The van der Waals surface area contributed by atoms with Gasteiger partial charge in [-0.25, -0.2) is 4.98 Å². The van der Waals surface area contributed by atoms with E-state index in [4.69, 9.17) is 4.98 Å². The van der Waals surface area contributed by atoms with Gasteiger partial charge in [-0.2, -0.15) is 0 Å². The largest absolute Gasteiger partial charge is 0.367 e. The third kappa shape index (κ3) is 2.79. The lowest BCUT2D eigenvalue weighted by atomic mass is 9.97. The second kappa shape index (κ2) is 6.31. The van der Waals surface area contributed by atoms with Crippen molar-refractivity contribution in [2.24, 2.45) is 0 Å². The molecule has 0 bridgehead atoms. The summed E-state index contributed by atoms with van der Waals surface area (Å²) in [6.45, 7) is 4.38. The highest BCUT2D eigenvalue weighted by atomic mass is 15.1. The molecule has 1 aliphatic rings. The molecule has 24 heavy (non-hydrogen) atoms. The monoisotopic (exact) mass is 319 g/mol. The van der Waals surface area contributed by atoms with E-state index in [0.717, 1.165) is 11.3 Å². The molecule has 1 saturated carbocycles. The van der Waals surface area contributed by atoms with Crippen molar-refractivity contribution in [2.45, 2.75) is 51.5 Å². The van der Waals surface area contributed by atoms with Crippen LogP contribution in [0.2, 0.25) is 0 Å². The lowest BCUT2D eigenvalue weighted by Gasteiger charge is -2.17. The molecule has 1 fully saturated rings. The Morgan fingerprint density at radius 1 is 1.12 bits per heavy atom. The van der Waals surface area contributed by atoms with Crippen LogP contribution in [0.3, 0.4) is 0 Å². The standard InChI is InChI=1S/C21H25N3/c1-15-12-13-24-19(14-15)23-20(16(2)17-8-4-3-5-9-17)21(24)22-18-10-6-7-11-18/h3-5,8-9,12-14,16,18,22H,6-7,10-11H2,1-2H3. The zero-order valence-electron chi connectivity index (χ0n) is 14.5. The highest BCUT2D eigenvalue weighted by Gasteiger charge is 2.23. The van der Waals surface area contributed by atoms with Crippen LogP contribution >= 0.6 is 0 Å². The Labute approximate surface area is 143 Å². The fourth-order valence-electron chi connectivity index (χ4n) is 3.77. The van der Waals surface area contributed by atoms with Crippen molar-refractivity contribution in [3.8, 4) is 0 Å². The number of hydrogen-bond donors (Lipinski definition) is 1. The predicted octanol–water partition coefficient (Wildman–Crippen LogP) is 5.15. The molecule has 2 heterocycles. The van der Waals surface area contributed by atoms with E-state index in [-0.39, 0.29) is 5.92 Å². The van der Waals surface area contributed by atoms with Gasteiger partial charge in [-0.1, -0.05) is 50.1 Å². The fraction of sp³-hybridized carbons (Fsp3) is 0.381. The van der Waals surface area contributed by atoms with Crippen molar-refractivity contribution in [3.63, 3.8) is 0 Å². The summed E-state index contributed by atoms with van der Waals surface area (Å²) in [5, 5.41) is 3.80. The Morgan fingerprint density at radius 2 is 1.88 bits per heavy atom. The first-order chi connectivity index (χ1) is 11.7. The normalized spacial score (nSPS) is 16.6. The molecule has 3 aromatic rings. The number of aryl methyl sites for hydroxylation is 1. The molecule has 1 atom stereocenters. The van der Waals surface area contributed by atoms with Gasteiger partial charge in [-0.15, -0.1) is 0 Å². The Bertz CT molecular complexity index is 829. The molecule has 4 rings (SSSR count). The van der Waals surface area contributed by atoms with E-state index in [1.807, 2.05) is 0 Å². The number of imidazole rings is 1. The maximum absolute atomic E-state index is 4.99. The molecule has 1 aliphatic carbocycles. The molecule has 0 spiro atoms. The zero-order valence-corrected chi connectivity index (χ0v) is 14.5. The van der Waals surface area contributed by atoms with Crippen LogP contribution in [0.5, 0.6) is 0 Å². The molecular weight excluding hydrogens is 294 g/mol. The number of hydrogen-bond acceptors (Lipinski definition) is 2. The highest BCUT2D eigenvalue weighted by molar-refractivity contribution is 5.59. The summed E-state index contributed by atoms with van der Waals surface area (Å²) in [7, 11) is 0. The molecule has 124 valence electrons. The quantitative estimate of drug-likeness (QED) is 0.720. The van der Waals surface area contributed by atoms with Gasteiger partial charge in [-0.3, -0.25) is 4.40 Å². The van der Waals surface area contributed by atoms with Crippen LogP contribution in [-0.4, -0.2) is 15.4 Å². The summed E-state index contributed by atoms with van der Waals surface area (Å²) in [6, 6.07) is 15.6. The summed E-state index contributed by atoms with van der Waals surface area (Å²) < 4.78 is 2.22. The predicted molar refractivity (Wildman–Crippen MR) is 99.8 cm³/mol. The van der Waals surface area contributed by atoms with Gasteiger partial charge in [0.25, 0.3) is 0 Å². The lowest BCUT2D eigenvalue weighted by molar-refractivity contribution is 0.743. The molecule has 3 heteroatoms. The first-order valence-electron chi connectivity index (χ1n) is 9.02. The van der Waals surface area contributed by atoms with Crippen LogP contribution in [0.15, 0.2) is 48.7 Å². The van der Waals surface area contributed by atoms with Crippen molar-refractivity contribution < 1.29 is 0 Å². The summed E-state index contributed by atoms with van der Waals surface area (Å²) in [6.07, 6.45) is 7.33. The fourth-order valence-corrected chi connectivity index (χ4v) is 3.77. The van der Waals surface area contributed by atoms with Crippen LogP contribution in [0.25, 0.3) is 5.65 Å². The number of aromatic nitrogens is 2. The van der Waals surface area contributed by atoms with E-state index in [1.165, 1.54) is 42.6 Å². The smallest absolute Gasteiger partial charge is 0.138 e. The minimum Gasteiger partial charge on any atom is -0.367 e. The van der Waals surface area contributed by atoms with Crippen molar-refractivity contribution >= 4 is 11.5 Å². The second-order valence-corrected chi connectivity index (χ2v) is 7.04. The molecule has 0 radical (unpaired) electrons. The van der Waals surface area contributed by atoms with E-state index in [0.29, 0.717) is 6.04 Å². The SMILES string of the molecule is Cc1ccn2c(NC3CCCC3)c(C(C)c3ccccc3)nc2c1. The number of nitrogens with one attached hydrogen (secondary N) is 1. The Morgan fingerprint density at radius 3 is 2.62 bits per heavy atom. The van der Waals surface area contributed by atoms with Crippen molar-refractivity contribution in [1.29, 1.82) is 0 Å². The Kier molecular flexibility index (Phi) is 4.01. The van der Waals surface area contributed by atoms with E-state index in [9.17, 15) is 0 Å². The van der Waals surface area contributed by atoms with Gasteiger partial charge in [0.15, 0.2) is 0 Å². The molecule has 3 nitrogen and oxygen atoms in total. The zero-order chi connectivity index (χ0) is 16.5. The third-order valence-electron chi connectivity index (χ3n) is 5.21. The van der Waals surface area contributed by atoms with Crippen LogP contribution in [0.4, 0.5) is 5.82 Å². The number of nitrogens with zero attached hydrogens (tertiary/aromatic N) is 2.